The highest BCUT2D eigenvalue weighted by molar-refractivity contribution is 5.92. The van der Waals surface area contributed by atoms with Crippen molar-refractivity contribution >= 4 is 22.4 Å². The van der Waals surface area contributed by atoms with Gasteiger partial charge in [-0.2, -0.15) is 5.10 Å². The van der Waals surface area contributed by atoms with E-state index in [1.807, 2.05) is 33.0 Å². The normalized spacial score (nSPS) is 21.7. The van der Waals surface area contributed by atoms with Crippen LogP contribution in [-0.4, -0.2) is 40.5 Å². The molecule has 2 unspecified atom stereocenters. The van der Waals surface area contributed by atoms with Crippen LogP contribution in [0, 0.1) is 19.7 Å². The van der Waals surface area contributed by atoms with Gasteiger partial charge in [-0.3, -0.25) is 4.98 Å². The molecule has 6 rings (SSSR count). The van der Waals surface area contributed by atoms with Gasteiger partial charge in [0.05, 0.1) is 41.3 Å². The molecule has 2 aromatic heterocycles. The van der Waals surface area contributed by atoms with E-state index in [0.29, 0.717) is 18.0 Å². The fourth-order valence-electron chi connectivity index (χ4n) is 4.40. The number of fused-ring (bicyclic) bond motifs is 3. The summed E-state index contributed by atoms with van der Waals surface area (Å²) in [6.45, 7) is 7.67. The second kappa shape index (κ2) is 6.91. The molecule has 7 heteroatoms. The molecule has 3 aliphatic heterocycles. The Morgan fingerprint density at radius 3 is 2.66 bits per heavy atom. The standard InChI is InChI=1S/C22H24FN5O/c1-12-6-15(23)4-5-19(12)13(2)25-22-20-7-16(9-24-21(20)14(3)26-27-22)28-10-17-8-18(11-28)29-17/h4-7,9,13,17-18H,8,10-11H2,1-3H3,(H,25,27)/t13-,17?,18?/m1/s1. The number of nitrogens with zero attached hydrogens (tertiary/aromatic N) is 4. The summed E-state index contributed by atoms with van der Waals surface area (Å²) in [7, 11) is 0. The number of ether oxygens (including phenoxy) is 1. The van der Waals surface area contributed by atoms with E-state index >= 15 is 0 Å². The van der Waals surface area contributed by atoms with E-state index in [0.717, 1.165) is 52.9 Å². The van der Waals surface area contributed by atoms with Crippen LogP contribution in [0.15, 0.2) is 30.5 Å². The molecular weight excluding hydrogens is 369 g/mol. The quantitative estimate of drug-likeness (QED) is 0.725. The molecule has 3 aliphatic rings. The number of rotatable bonds is 4. The molecule has 3 saturated heterocycles. The number of hydrogen-bond acceptors (Lipinski definition) is 6. The third-order valence-corrected chi connectivity index (χ3v) is 5.95. The van der Waals surface area contributed by atoms with Crippen molar-refractivity contribution < 1.29 is 9.13 Å². The molecule has 150 valence electrons. The number of benzene rings is 1. The first-order valence-corrected chi connectivity index (χ1v) is 10.0. The summed E-state index contributed by atoms with van der Waals surface area (Å²) >= 11 is 0. The van der Waals surface area contributed by atoms with Crippen LogP contribution in [0.5, 0.6) is 0 Å². The minimum Gasteiger partial charge on any atom is -0.371 e. The fourth-order valence-corrected chi connectivity index (χ4v) is 4.40. The summed E-state index contributed by atoms with van der Waals surface area (Å²) in [5, 5.41) is 13.1. The molecular formula is C22H24FN5O. The average molecular weight is 393 g/mol. The van der Waals surface area contributed by atoms with Gasteiger partial charge in [0, 0.05) is 24.9 Å². The van der Waals surface area contributed by atoms with Gasteiger partial charge in [0.25, 0.3) is 0 Å². The third kappa shape index (κ3) is 3.29. The van der Waals surface area contributed by atoms with Crippen molar-refractivity contribution in [3.8, 4) is 0 Å². The van der Waals surface area contributed by atoms with Crippen LogP contribution < -0.4 is 10.2 Å². The Bertz CT molecular complexity index is 1070. The van der Waals surface area contributed by atoms with Crippen molar-refractivity contribution in [2.75, 3.05) is 23.3 Å². The van der Waals surface area contributed by atoms with Gasteiger partial charge in [0.15, 0.2) is 5.82 Å². The number of piperidine rings is 1. The lowest BCUT2D eigenvalue weighted by molar-refractivity contribution is -0.133. The molecule has 29 heavy (non-hydrogen) atoms. The van der Waals surface area contributed by atoms with Crippen LogP contribution in [0.3, 0.4) is 0 Å². The van der Waals surface area contributed by atoms with Gasteiger partial charge in [-0.25, -0.2) is 4.39 Å². The topological polar surface area (TPSA) is 63.2 Å². The first-order valence-electron chi connectivity index (χ1n) is 10.0. The Balaban J connectivity index is 1.49. The molecule has 0 aliphatic carbocycles. The number of halogens is 1. The SMILES string of the molecule is Cc1cc(F)ccc1[C@@H](C)Nc1nnc(C)c2ncc(N3CC4CC(C3)O4)cc12. The van der Waals surface area contributed by atoms with E-state index in [2.05, 4.69) is 26.5 Å². The maximum absolute atomic E-state index is 13.5. The Hall–Kier alpha value is -2.80. The van der Waals surface area contributed by atoms with Crippen LogP contribution in [-0.2, 0) is 4.74 Å². The number of morpholine rings is 1. The number of hydrogen-bond donors (Lipinski definition) is 1. The van der Waals surface area contributed by atoms with E-state index in [9.17, 15) is 4.39 Å². The highest BCUT2D eigenvalue weighted by Gasteiger charge is 2.38. The molecule has 3 atom stereocenters. The zero-order valence-corrected chi connectivity index (χ0v) is 16.8. The minimum atomic E-state index is -0.226. The Morgan fingerprint density at radius 1 is 1.17 bits per heavy atom. The first kappa shape index (κ1) is 18.2. The third-order valence-electron chi connectivity index (χ3n) is 5.95. The predicted octanol–water partition coefficient (Wildman–Crippen LogP) is 3.93. The summed E-state index contributed by atoms with van der Waals surface area (Å²) in [5.74, 6) is 0.464. The molecule has 0 radical (unpaired) electrons. The zero-order chi connectivity index (χ0) is 20.1. The molecule has 6 nitrogen and oxygen atoms in total. The summed E-state index contributed by atoms with van der Waals surface area (Å²) in [4.78, 5) is 7.03. The lowest BCUT2D eigenvalue weighted by Gasteiger charge is -2.47. The van der Waals surface area contributed by atoms with Gasteiger partial charge in [0.1, 0.15) is 5.82 Å². The molecule has 2 bridgehead atoms. The maximum Gasteiger partial charge on any atom is 0.158 e. The van der Waals surface area contributed by atoms with Gasteiger partial charge in [-0.1, -0.05) is 6.07 Å². The Morgan fingerprint density at radius 2 is 1.93 bits per heavy atom. The molecule has 0 spiro atoms. The molecule has 0 amide bonds. The van der Waals surface area contributed by atoms with Gasteiger partial charge in [-0.15, -0.1) is 5.10 Å². The average Bonchev–Trinajstić information content (AvgIpc) is 2.69. The second-order valence-electron chi connectivity index (χ2n) is 8.11. The van der Waals surface area contributed by atoms with E-state index in [1.165, 1.54) is 6.07 Å². The highest BCUT2D eigenvalue weighted by atomic mass is 19.1. The lowest BCUT2D eigenvalue weighted by atomic mass is 9.98. The van der Waals surface area contributed by atoms with E-state index in [-0.39, 0.29) is 11.9 Å². The van der Waals surface area contributed by atoms with Crippen molar-refractivity contribution in [2.45, 2.75) is 45.4 Å². The van der Waals surface area contributed by atoms with Gasteiger partial charge < -0.3 is 15.0 Å². The van der Waals surface area contributed by atoms with Gasteiger partial charge >= 0.3 is 0 Å². The van der Waals surface area contributed by atoms with Crippen LogP contribution in [0.2, 0.25) is 0 Å². The number of anilines is 2. The first-order chi connectivity index (χ1) is 14.0. The van der Waals surface area contributed by atoms with Gasteiger partial charge in [0.2, 0.25) is 0 Å². The molecule has 3 aromatic rings. The molecule has 3 fully saturated rings. The molecule has 1 aromatic carbocycles. The van der Waals surface area contributed by atoms with Crippen LogP contribution in [0.1, 0.15) is 36.2 Å². The van der Waals surface area contributed by atoms with Crippen molar-refractivity contribution in [2.24, 2.45) is 0 Å². The summed E-state index contributed by atoms with van der Waals surface area (Å²) in [5.41, 5.74) is 4.65. The van der Waals surface area contributed by atoms with Crippen LogP contribution in [0.4, 0.5) is 15.9 Å². The molecule has 5 heterocycles. The van der Waals surface area contributed by atoms with E-state index in [1.54, 1.807) is 6.07 Å². The van der Waals surface area contributed by atoms with Crippen LogP contribution >= 0.6 is 0 Å². The van der Waals surface area contributed by atoms with E-state index in [4.69, 9.17) is 9.72 Å². The molecule has 1 N–H and O–H groups in total. The number of aryl methyl sites for hydroxylation is 2. The monoisotopic (exact) mass is 393 g/mol. The second-order valence-corrected chi connectivity index (χ2v) is 8.11. The van der Waals surface area contributed by atoms with Crippen molar-refractivity contribution in [3.63, 3.8) is 0 Å². The van der Waals surface area contributed by atoms with Crippen molar-refractivity contribution in [3.05, 3.63) is 53.1 Å². The van der Waals surface area contributed by atoms with Crippen molar-refractivity contribution in [1.82, 2.24) is 15.2 Å². The summed E-state index contributed by atoms with van der Waals surface area (Å²) < 4.78 is 19.2. The predicted molar refractivity (Wildman–Crippen MR) is 111 cm³/mol. The van der Waals surface area contributed by atoms with Crippen molar-refractivity contribution in [1.29, 1.82) is 0 Å². The smallest absolute Gasteiger partial charge is 0.158 e. The number of pyridine rings is 1. The highest BCUT2D eigenvalue weighted by Crippen LogP contribution is 2.34. The Labute approximate surface area is 169 Å². The Kier molecular flexibility index (Phi) is 4.35. The number of nitrogens with one attached hydrogen (secondary N) is 1. The zero-order valence-electron chi connectivity index (χ0n) is 16.8. The molecule has 0 saturated carbocycles. The summed E-state index contributed by atoms with van der Waals surface area (Å²) in [6.07, 6.45) is 3.74. The number of aromatic nitrogens is 3. The van der Waals surface area contributed by atoms with Crippen LogP contribution in [0.25, 0.3) is 10.9 Å². The largest absolute Gasteiger partial charge is 0.371 e. The minimum absolute atomic E-state index is 0.0458. The van der Waals surface area contributed by atoms with Gasteiger partial charge in [-0.05, 0) is 50.1 Å². The fraction of sp³-hybridized carbons (Fsp3) is 0.409. The van der Waals surface area contributed by atoms with E-state index < -0.39 is 0 Å². The lowest BCUT2D eigenvalue weighted by Crippen LogP contribution is -2.57. The summed E-state index contributed by atoms with van der Waals surface area (Å²) in [6, 6.07) is 6.95. The maximum atomic E-state index is 13.5.